The maximum atomic E-state index is 13.4. The van der Waals surface area contributed by atoms with Crippen LogP contribution < -0.4 is 5.32 Å². The minimum Gasteiger partial charge on any atom is -0.327 e. The van der Waals surface area contributed by atoms with Gasteiger partial charge in [-0.05, 0) is 29.2 Å². The van der Waals surface area contributed by atoms with Crippen LogP contribution in [0, 0.1) is 0 Å². The number of carbonyl (C=O) groups excluding carboxylic acids is 2. The quantitative estimate of drug-likeness (QED) is 0.749. The van der Waals surface area contributed by atoms with Crippen LogP contribution in [0.1, 0.15) is 42.6 Å². The number of rotatable bonds is 6. The summed E-state index contributed by atoms with van der Waals surface area (Å²) in [5.41, 5.74) is 4.32. The largest absolute Gasteiger partial charge is 0.327 e. The van der Waals surface area contributed by atoms with Gasteiger partial charge in [0, 0.05) is 12.7 Å². The maximum Gasteiger partial charge on any atom is 0.322 e. The van der Waals surface area contributed by atoms with Crippen LogP contribution in [0.3, 0.4) is 0 Å². The summed E-state index contributed by atoms with van der Waals surface area (Å²) in [5.74, 6) is 0.350. The Bertz CT molecular complexity index is 996. The molecule has 6 nitrogen and oxygen atoms in total. The van der Waals surface area contributed by atoms with Gasteiger partial charge >= 0.3 is 6.03 Å². The Kier molecular flexibility index (Phi) is 5.40. The molecule has 6 heteroatoms. The molecule has 0 aliphatic carbocycles. The normalized spacial score (nSPS) is 18.7. The van der Waals surface area contributed by atoms with Gasteiger partial charge in [-0.25, -0.2) is 4.79 Å². The molecule has 2 aromatic rings. The molecule has 3 amide bonds. The third-order valence-electron chi connectivity index (χ3n) is 5.62. The van der Waals surface area contributed by atoms with Gasteiger partial charge in [0.1, 0.15) is 0 Å². The minimum absolute atomic E-state index is 0.0670. The van der Waals surface area contributed by atoms with Gasteiger partial charge in [-0.2, -0.15) is 0 Å². The van der Waals surface area contributed by atoms with Crippen LogP contribution in [0.5, 0.6) is 0 Å². The predicted molar refractivity (Wildman–Crippen MR) is 115 cm³/mol. The predicted octanol–water partition coefficient (Wildman–Crippen LogP) is 3.75. The second-order valence-electron chi connectivity index (χ2n) is 7.95. The van der Waals surface area contributed by atoms with Crippen LogP contribution in [-0.2, 0) is 11.3 Å². The van der Waals surface area contributed by atoms with Crippen molar-refractivity contribution in [3.8, 4) is 0 Å². The lowest BCUT2D eigenvalue weighted by molar-refractivity contribution is -0.126. The SMILES string of the molecule is C=CCN1C(=O)NC(c2ccc(C(C)C)cc2)C2=C1CN(Cc1ccccn1)C2=O. The lowest BCUT2D eigenvalue weighted by atomic mass is 9.93. The Morgan fingerprint density at radius 1 is 1.20 bits per heavy atom. The highest BCUT2D eigenvalue weighted by molar-refractivity contribution is 6.01. The molecule has 3 heterocycles. The zero-order valence-electron chi connectivity index (χ0n) is 17.3. The summed E-state index contributed by atoms with van der Waals surface area (Å²) in [6.07, 6.45) is 3.39. The third-order valence-corrected chi connectivity index (χ3v) is 5.62. The lowest BCUT2D eigenvalue weighted by Gasteiger charge is -2.33. The van der Waals surface area contributed by atoms with E-state index in [0.717, 1.165) is 17.0 Å². The van der Waals surface area contributed by atoms with Crippen molar-refractivity contribution in [1.82, 2.24) is 20.1 Å². The maximum absolute atomic E-state index is 13.4. The molecule has 2 aliphatic heterocycles. The first-order valence-electron chi connectivity index (χ1n) is 10.2. The van der Waals surface area contributed by atoms with Crippen LogP contribution in [-0.4, -0.2) is 39.8 Å². The number of amides is 3. The van der Waals surface area contributed by atoms with Gasteiger partial charge in [0.05, 0.1) is 36.1 Å². The fourth-order valence-electron chi connectivity index (χ4n) is 4.01. The second-order valence-corrected chi connectivity index (χ2v) is 7.95. The number of nitrogens with zero attached hydrogens (tertiary/aromatic N) is 3. The van der Waals surface area contributed by atoms with Crippen molar-refractivity contribution in [3.05, 3.63) is 89.4 Å². The van der Waals surface area contributed by atoms with Gasteiger partial charge < -0.3 is 10.2 Å². The van der Waals surface area contributed by atoms with Crippen LogP contribution in [0.4, 0.5) is 4.79 Å². The Balaban J connectivity index is 1.69. The monoisotopic (exact) mass is 402 g/mol. The molecule has 1 N–H and O–H groups in total. The zero-order valence-corrected chi connectivity index (χ0v) is 17.3. The number of carbonyl (C=O) groups is 2. The summed E-state index contributed by atoms with van der Waals surface area (Å²) in [6.45, 7) is 9.18. The molecule has 0 saturated carbocycles. The van der Waals surface area contributed by atoms with E-state index in [1.807, 2.05) is 30.3 Å². The van der Waals surface area contributed by atoms with Gasteiger partial charge in [0.2, 0.25) is 0 Å². The molecule has 154 valence electrons. The molecular formula is C24H26N4O2. The van der Waals surface area contributed by atoms with Crippen LogP contribution >= 0.6 is 0 Å². The molecule has 1 aromatic carbocycles. The van der Waals surface area contributed by atoms with E-state index in [1.165, 1.54) is 5.56 Å². The molecule has 1 atom stereocenters. The van der Waals surface area contributed by atoms with E-state index in [-0.39, 0.29) is 11.9 Å². The Labute approximate surface area is 176 Å². The van der Waals surface area contributed by atoms with Crippen molar-refractivity contribution >= 4 is 11.9 Å². The first-order chi connectivity index (χ1) is 14.5. The van der Waals surface area contributed by atoms with E-state index in [1.54, 1.807) is 22.1 Å². The molecule has 4 rings (SSSR count). The van der Waals surface area contributed by atoms with Gasteiger partial charge in [-0.3, -0.25) is 14.7 Å². The Hall–Kier alpha value is -3.41. The zero-order chi connectivity index (χ0) is 21.3. The highest BCUT2D eigenvalue weighted by Crippen LogP contribution is 2.37. The summed E-state index contributed by atoms with van der Waals surface area (Å²) in [5, 5.41) is 3.02. The molecule has 1 unspecified atom stereocenters. The van der Waals surface area contributed by atoms with Crippen molar-refractivity contribution in [2.24, 2.45) is 0 Å². The van der Waals surface area contributed by atoms with E-state index >= 15 is 0 Å². The molecule has 1 aromatic heterocycles. The molecule has 0 spiro atoms. The molecule has 0 bridgehead atoms. The van der Waals surface area contributed by atoms with Gasteiger partial charge in [-0.15, -0.1) is 6.58 Å². The Morgan fingerprint density at radius 3 is 2.60 bits per heavy atom. The standard InChI is InChI=1S/C24H26N4O2/c1-4-13-28-20-15-27(14-19-7-5-6-12-25-19)23(29)21(20)22(26-24(28)30)18-10-8-17(9-11-18)16(2)3/h4-12,16,22H,1,13-15H2,2-3H3,(H,26,30). The Morgan fingerprint density at radius 2 is 1.97 bits per heavy atom. The van der Waals surface area contributed by atoms with Crippen molar-refractivity contribution in [2.45, 2.75) is 32.4 Å². The molecule has 0 radical (unpaired) electrons. The number of aromatic nitrogens is 1. The van der Waals surface area contributed by atoms with Gasteiger partial charge in [0.25, 0.3) is 5.91 Å². The van der Waals surface area contributed by atoms with Crippen molar-refractivity contribution < 1.29 is 9.59 Å². The van der Waals surface area contributed by atoms with Crippen LogP contribution in [0.15, 0.2) is 72.6 Å². The topological polar surface area (TPSA) is 65.5 Å². The number of nitrogens with one attached hydrogen (secondary N) is 1. The number of pyridine rings is 1. The van der Waals surface area contributed by atoms with E-state index in [2.05, 4.69) is 42.9 Å². The highest BCUT2D eigenvalue weighted by Gasteiger charge is 2.43. The number of hydrogen-bond donors (Lipinski definition) is 1. The first kappa shape index (κ1) is 19.9. The van der Waals surface area contributed by atoms with E-state index in [9.17, 15) is 9.59 Å². The lowest BCUT2D eigenvalue weighted by Crippen LogP contribution is -2.47. The van der Waals surface area contributed by atoms with Crippen LogP contribution in [0.2, 0.25) is 0 Å². The third kappa shape index (κ3) is 3.61. The number of hydrogen-bond acceptors (Lipinski definition) is 3. The summed E-state index contributed by atoms with van der Waals surface area (Å²) >= 11 is 0. The van der Waals surface area contributed by atoms with E-state index in [0.29, 0.717) is 31.1 Å². The fraction of sp³-hybridized carbons (Fsp3) is 0.292. The van der Waals surface area contributed by atoms with Crippen molar-refractivity contribution in [2.75, 3.05) is 13.1 Å². The van der Waals surface area contributed by atoms with Crippen molar-refractivity contribution in [1.29, 1.82) is 0 Å². The average molecular weight is 402 g/mol. The highest BCUT2D eigenvalue weighted by atomic mass is 16.2. The van der Waals surface area contributed by atoms with Gasteiger partial charge in [0.15, 0.2) is 0 Å². The van der Waals surface area contributed by atoms with Gasteiger partial charge in [-0.1, -0.05) is 50.3 Å². The van der Waals surface area contributed by atoms with Crippen LogP contribution in [0.25, 0.3) is 0 Å². The molecule has 30 heavy (non-hydrogen) atoms. The summed E-state index contributed by atoms with van der Waals surface area (Å²) in [4.78, 5) is 33.9. The molecular weight excluding hydrogens is 376 g/mol. The smallest absolute Gasteiger partial charge is 0.322 e. The minimum atomic E-state index is -0.462. The summed E-state index contributed by atoms with van der Waals surface area (Å²) < 4.78 is 0. The summed E-state index contributed by atoms with van der Waals surface area (Å²) in [7, 11) is 0. The van der Waals surface area contributed by atoms with E-state index < -0.39 is 6.04 Å². The first-order valence-corrected chi connectivity index (χ1v) is 10.2. The fourth-order valence-corrected chi connectivity index (χ4v) is 4.01. The molecule has 0 fully saturated rings. The second kappa shape index (κ2) is 8.14. The van der Waals surface area contributed by atoms with Crippen molar-refractivity contribution in [3.63, 3.8) is 0 Å². The molecule has 2 aliphatic rings. The molecule has 0 saturated heterocycles. The summed E-state index contributed by atoms with van der Waals surface area (Å²) in [6, 6.07) is 13.1. The number of benzene rings is 1. The number of urea groups is 1. The average Bonchev–Trinajstić information content (AvgIpc) is 3.07. The van der Waals surface area contributed by atoms with E-state index in [4.69, 9.17) is 0 Å².